The van der Waals surface area contributed by atoms with E-state index in [9.17, 15) is 0 Å². The van der Waals surface area contributed by atoms with Crippen molar-refractivity contribution >= 4 is 22.6 Å². The lowest BCUT2D eigenvalue weighted by Gasteiger charge is -2.01. The summed E-state index contributed by atoms with van der Waals surface area (Å²) in [5.74, 6) is 0.909. The summed E-state index contributed by atoms with van der Waals surface area (Å²) in [6.07, 6.45) is 3.95. The summed E-state index contributed by atoms with van der Waals surface area (Å²) in [5.41, 5.74) is 1.86. The highest BCUT2D eigenvalue weighted by molar-refractivity contribution is 6.34. The van der Waals surface area contributed by atoms with Gasteiger partial charge in [0, 0.05) is 6.54 Å². The van der Waals surface area contributed by atoms with Gasteiger partial charge in [-0.2, -0.15) is 0 Å². The van der Waals surface area contributed by atoms with Crippen LogP contribution in [0.15, 0.2) is 18.2 Å². The smallest absolute Gasteiger partial charge is 0.114 e. The Hall–Kier alpha value is -1.09. The predicted octanol–water partition coefficient (Wildman–Crippen LogP) is 2.88. The molecule has 1 aliphatic rings. The van der Waals surface area contributed by atoms with Gasteiger partial charge in [0.2, 0.25) is 0 Å². The second-order valence-electron chi connectivity index (χ2n) is 4.15. The zero-order valence-corrected chi connectivity index (χ0v) is 9.11. The number of halogens is 1. The van der Waals surface area contributed by atoms with Crippen LogP contribution in [0.2, 0.25) is 5.02 Å². The molecule has 0 radical (unpaired) electrons. The number of nitrogens with zero attached hydrogens (tertiary/aromatic N) is 3. The van der Waals surface area contributed by atoms with E-state index in [1.54, 1.807) is 0 Å². The summed E-state index contributed by atoms with van der Waals surface area (Å²) in [4.78, 5) is 0. The summed E-state index contributed by atoms with van der Waals surface area (Å²) in [7, 11) is 0. The first-order valence-corrected chi connectivity index (χ1v) is 5.70. The Kier molecular flexibility index (Phi) is 2.13. The van der Waals surface area contributed by atoms with E-state index >= 15 is 0 Å². The third-order valence-corrected chi connectivity index (χ3v) is 3.24. The largest absolute Gasteiger partial charge is 0.243 e. The van der Waals surface area contributed by atoms with E-state index < -0.39 is 0 Å². The van der Waals surface area contributed by atoms with Crippen molar-refractivity contribution in [3.63, 3.8) is 0 Å². The van der Waals surface area contributed by atoms with E-state index in [4.69, 9.17) is 11.6 Å². The van der Waals surface area contributed by atoms with E-state index in [2.05, 4.69) is 10.3 Å². The molecular weight excluding hydrogens is 210 g/mol. The van der Waals surface area contributed by atoms with Crippen LogP contribution in [0.25, 0.3) is 11.0 Å². The van der Waals surface area contributed by atoms with Gasteiger partial charge in [0.1, 0.15) is 11.0 Å². The minimum atomic E-state index is 0.744. The van der Waals surface area contributed by atoms with Gasteiger partial charge in [-0.3, -0.25) is 0 Å². The van der Waals surface area contributed by atoms with Crippen LogP contribution < -0.4 is 0 Å². The Balaban J connectivity index is 1.94. The minimum absolute atomic E-state index is 0.744. The first-order valence-electron chi connectivity index (χ1n) is 5.32. The van der Waals surface area contributed by atoms with Gasteiger partial charge in [0.05, 0.1) is 5.02 Å². The number of hydrogen-bond acceptors (Lipinski definition) is 2. The van der Waals surface area contributed by atoms with Crippen molar-refractivity contribution in [3.05, 3.63) is 23.2 Å². The Labute approximate surface area is 93.0 Å². The molecule has 1 aromatic carbocycles. The highest BCUT2D eigenvalue weighted by Gasteiger charge is 2.21. The molecule has 0 spiro atoms. The van der Waals surface area contributed by atoms with Gasteiger partial charge in [0.15, 0.2) is 0 Å². The highest BCUT2D eigenvalue weighted by atomic mass is 35.5. The number of hydrogen-bond donors (Lipinski definition) is 0. The number of benzene rings is 1. The molecule has 0 bridgehead atoms. The van der Waals surface area contributed by atoms with E-state index in [-0.39, 0.29) is 0 Å². The summed E-state index contributed by atoms with van der Waals surface area (Å²) >= 11 is 6.13. The fourth-order valence-corrected chi connectivity index (χ4v) is 2.12. The van der Waals surface area contributed by atoms with Gasteiger partial charge in [0.25, 0.3) is 0 Å². The summed E-state index contributed by atoms with van der Waals surface area (Å²) < 4.78 is 1.93. The van der Waals surface area contributed by atoms with Gasteiger partial charge in [-0.05, 0) is 24.5 Å². The maximum atomic E-state index is 6.13. The molecule has 3 rings (SSSR count). The van der Waals surface area contributed by atoms with Gasteiger partial charge in [-0.15, -0.1) is 5.10 Å². The van der Waals surface area contributed by atoms with Crippen LogP contribution >= 0.6 is 11.6 Å². The van der Waals surface area contributed by atoms with Crippen LogP contribution in [0.5, 0.6) is 0 Å². The maximum Gasteiger partial charge on any atom is 0.114 e. The van der Waals surface area contributed by atoms with Crippen LogP contribution in [0.3, 0.4) is 0 Å². The molecule has 1 heterocycles. The Morgan fingerprint density at radius 1 is 1.40 bits per heavy atom. The molecule has 1 fully saturated rings. The molecule has 15 heavy (non-hydrogen) atoms. The molecule has 0 unspecified atom stereocenters. The van der Waals surface area contributed by atoms with E-state index in [0.717, 1.165) is 28.5 Å². The quantitative estimate of drug-likeness (QED) is 0.798. The molecule has 0 saturated heterocycles. The molecule has 2 aromatic rings. The molecule has 1 saturated carbocycles. The lowest BCUT2D eigenvalue weighted by atomic mass is 10.3. The van der Waals surface area contributed by atoms with Crippen molar-refractivity contribution < 1.29 is 0 Å². The lowest BCUT2D eigenvalue weighted by molar-refractivity contribution is 0.544. The molecule has 1 aliphatic carbocycles. The first-order chi connectivity index (χ1) is 7.34. The van der Waals surface area contributed by atoms with Crippen molar-refractivity contribution in [2.45, 2.75) is 25.8 Å². The van der Waals surface area contributed by atoms with Crippen molar-refractivity contribution in [2.75, 3.05) is 0 Å². The maximum absolute atomic E-state index is 6.13. The molecule has 1 aromatic heterocycles. The van der Waals surface area contributed by atoms with E-state index in [1.165, 1.54) is 19.3 Å². The number of rotatable bonds is 3. The van der Waals surface area contributed by atoms with Crippen molar-refractivity contribution in [1.82, 2.24) is 15.0 Å². The van der Waals surface area contributed by atoms with Gasteiger partial charge < -0.3 is 0 Å². The molecule has 4 heteroatoms. The SMILES string of the molecule is Clc1cccc2nnn(CCC3CC3)c12. The molecular formula is C11H12ClN3. The zero-order chi connectivity index (χ0) is 10.3. The topological polar surface area (TPSA) is 30.7 Å². The highest BCUT2D eigenvalue weighted by Crippen LogP contribution is 2.33. The third-order valence-electron chi connectivity index (χ3n) is 2.93. The molecule has 0 aliphatic heterocycles. The molecule has 78 valence electrons. The molecule has 0 N–H and O–H groups in total. The zero-order valence-electron chi connectivity index (χ0n) is 8.36. The third kappa shape index (κ3) is 1.72. The van der Waals surface area contributed by atoms with Crippen molar-refractivity contribution in [2.24, 2.45) is 5.92 Å². The normalized spacial score (nSPS) is 16.1. The average molecular weight is 222 g/mol. The Bertz CT molecular complexity index is 488. The van der Waals surface area contributed by atoms with Gasteiger partial charge in [-0.25, -0.2) is 4.68 Å². The van der Waals surface area contributed by atoms with E-state index in [1.807, 2.05) is 22.9 Å². The van der Waals surface area contributed by atoms with Gasteiger partial charge >= 0.3 is 0 Å². The number of para-hydroxylation sites is 1. The summed E-state index contributed by atoms with van der Waals surface area (Å²) in [5, 5.41) is 8.99. The number of fused-ring (bicyclic) bond motifs is 1. The monoisotopic (exact) mass is 221 g/mol. The minimum Gasteiger partial charge on any atom is -0.243 e. The molecule has 0 amide bonds. The second kappa shape index (κ2) is 3.49. The number of aryl methyl sites for hydroxylation is 1. The first kappa shape index (κ1) is 9.16. The summed E-state index contributed by atoms with van der Waals surface area (Å²) in [6, 6.07) is 5.74. The predicted molar refractivity (Wildman–Crippen MR) is 59.9 cm³/mol. The van der Waals surface area contributed by atoms with Crippen LogP contribution in [-0.4, -0.2) is 15.0 Å². The van der Waals surface area contributed by atoms with E-state index in [0.29, 0.717) is 0 Å². The van der Waals surface area contributed by atoms with Gasteiger partial charge in [-0.1, -0.05) is 35.7 Å². The second-order valence-corrected chi connectivity index (χ2v) is 4.56. The van der Waals surface area contributed by atoms with Crippen molar-refractivity contribution in [3.8, 4) is 0 Å². The molecule has 3 nitrogen and oxygen atoms in total. The fraction of sp³-hybridized carbons (Fsp3) is 0.455. The number of aromatic nitrogens is 3. The fourth-order valence-electron chi connectivity index (χ4n) is 1.85. The van der Waals surface area contributed by atoms with Crippen LogP contribution in [0.4, 0.5) is 0 Å². The lowest BCUT2D eigenvalue weighted by Crippen LogP contribution is -2.01. The summed E-state index contributed by atoms with van der Waals surface area (Å²) in [6.45, 7) is 0.935. The Morgan fingerprint density at radius 3 is 3.07 bits per heavy atom. The van der Waals surface area contributed by atoms with Crippen LogP contribution in [0.1, 0.15) is 19.3 Å². The van der Waals surface area contributed by atoms with Crippen LogP contribution in [0, 0.1) is 5.92 Å². The Morgan fingerprint density at radius 2 is 2.27 bits per heavy atom. The average Bonchev–Trinajstić information content (AvgIpc) is 2.96. The molecule has 0 atom stereocenters. The van der Waals surface area contributed by atoms with Crippen LogP contribution in [-0.2, 0) is 6.54 Å². The van der Waals surface area contributed by atoms with Crippen molar-refractivity contribution in [1.29, 1.82) is 0 Å². The standard InChI is InChI=1S/C11H12ClN3/c12-9-2-1-3-10-11(9)15(14-13-10)7-6-8-4-5-8/h1-3,8H,4-7H2.